The molecule has 0 radical (unpaired) electrons. The molecule has 0 unspecified atom stereocenters. The van der Waals surface area contributed by atoms with E-state index in [2.05, 4.69) is 4.98 Å². The molecule has 2 aromatic carbocycles. The number of hydrogen-bond donors (Lipinski definition) is 0. The summed E-state index contributed by atoms with van der Waals surface area (Å²) in [6.07, 6.45) is 1.65. The third kappa shape index (κ3) is 3.41. The van der Waals surface area contributed by atoms with Crippen LogP contribution in [0.3, 0.4) is 0 Å². The fourth-order valence-electron chi connectivity index (χ4n) is 3.51. The molecule has 0 spiro atoms. The average Bonchev–Trinajstić information content (AvgIpc) is 3.22. The summed E-state index contributed by atoms with van der Waals surface area (Å²) in [7, 11) is 5.98. The van der Waals surface area contributed by atoms with Gasteiger partial charge < -0.3 is 18.9 Å². The lowest BCUT2D eigenvalue weighted by atomic mass is 10.1. The molecule has 2 aromatic heterocycles. The lowest BCUT2D eigenvalue weighted by Gasteiger charge is -2.14. The van der Waals surface area contributed by atoms with Crippen LogP contribution in [0.4, 0.5) is 5.69 Å². The third-order valence-electron chi connectivity index (χ3n) is 4.99. The van der Waals surface area contributed by atoms with E-state index in [1.54, 1.807) is 41.2 Å². The van der Waals surface area contributed by atoms with E-state index >= 15 is 0 Å². The van der Waals surface area contributed by atoms with Gasteiger partial charge in [0.05, 0.1) is 39.0 Å². The molecule has 0 atom stereocenters. The summed E-state index contributed by atoms with van der Waals surface area (Å²) in [4.78, 5) is 15.5. The number of nitro groups is 1. The van der Waals surface area contributed by atoms with Crippen molar-refractivity contribution in [1.82, 2.24) is 14.8 Å². The molecule has 2 heterocycles. The molecule has 0 amide bonds. The number of aromatic nitrogens is 3. The molecule has 0 saturated heterocycles. The van der Waals surface area contributed by atoms with Gasteiger partial charge in [-0.3, -0.25) is 10.1 Å². The van der Waals surface area contributed by atoms with Gasteiger partial charge in [0.2, 0.25) is 5.75 Å². The Morgan fingerprint density at radius 1 is 0.906 bits per heavy atom. The highest BCUT2D eigenvalue weighted by molar-refractivity contribution is 5.92. The monoisotopic (exact) mass is 436 g/mol. The van der Waals surface area contributed by atoms with Gasteiger partial charge in [-0.1, -0.05) is 0 Å². The summed E-state index contributed by atoms with van der Waals surface area (Å²) in [6.45, 7) is 0. The van der Waals surface area contributed by atoms with Gasteiger partial charge in [-0.15, -0.1) is 0 Å². The number of benzene rings is 2. The van der Waals surface area contributed by atoms with Crippen LogP contribution in [0, 0.1) is 10.1 Å². The van der Waals surface area contributed by atoms with Gasteiger partial charge in [0.15, 0.2) is 22.9 Å². The molecule has 0 saturated carbocycles. The number of nitro benzene ring substituents is 1. The van der Waals surface area contributed by atoms with Crippen molar-refractivity contribution in [3.8, 4) is 39.9 Å². The molecule has 4 rings (SSSR count). The second kappa shape index (κ2) is 8.42. The summed E-state index contributed by atoms with van der Waals surface area (Å²) in [5.41, 5.74) is 2.13. The van der Waals surface area contributed by atoms with Crippen LogP contribution in [0.5, 0.6) is 23.0 Å². The fourth-order valence-corrected chi connectivity index (χ4v) is 3.51. The molecular formula is C22H20N4O6. The summed E-state index contributed by atoms with van der Waals surface area (Å²) in [6, 6.07) is 11.9. The number of nitrogens with zero attached hydrogens (tertiary/aromatic N) is 4. The number of pyridine rings is 1. The van der Waals surface area contributed by atoms with Gasteiger partial charge in [0.1, 0.15) is 5.69 Å². The van der Waals surface area contributed by atoms with Crippen LogP contribution >= 0.6 is 0 Å². The minimum Gasteiger partial charge on any atom is -0.493 e. The molecule has 0 fully saturated rings. The Hall–Kier alpha value is -4.34. The SMILES string of the molecule is COc1ccc(-c2nn(-c3cc(OC)c(OC)c(OC)c3)c3ncccc23)cc1[N+](=O)[O-]. The zero-order valence-electron chi connectivity index (χ0n) is 17.9. The van der Waals surface area contributed by atoms with E-state index in [0.29, 0.717) is 39.8 Å². The van der Waals surface area contributed by atoms with Gasteiger partial charge in [-0.2, -0.15) is 5.10 Å². The van der Waals surface area contributed by atoms with Crippen molar-refractivity contribution in [3.63, 3.8) is 0 Å². The summed E-state index contributed by atoms with van der Waals surface area (Å²) >= 11 is 0. The molecule has 0 bridgehead atoms. The molecule has 10 heteroatoms. The predicted molar refractivity (Wildman–Crippen MR) is 117 cm³/mol. The van der Waals surface area contributed by atoms with Gasteiger partial charge in [0, 0.05) is 35.3 Å². The second-order valence-electron chi connectivity index (χ2n) is 6.66. The van der Waals surface area contributed by atoms with Crippen LogP contribution in [0.15, 0.2) is 48.7 Å². The van der Waals surface area contributed by atoms with Crippen LogP contribution in [-0.4, -0.2) is 48.1 Å². The van der Waals surface area contributed by atoms with E-state index in [1.807, 2.05) is 6.07 Å². The maximum absolute atomic E-state index is 11.5. The predicted octanol–water partition coefficient (Wildman–Crippen LogP) is 4.03. The second-order valence-corrected chi connectivity index (χ2v) is 6.66. The molecule has 0 N–H and O–H groups in total. The van der Waals surface area contributed by atoms with Crippen molar-refractivity contribution in [3.05, 3.63) is 58.8 Å². The fraction of sp³-hybridized carbons (Fsp3) is 0.182. The van der Waals surface area contributed by atoms with Gasteiger partial charge in [-0.05, 0) is 24.3 Å². The highest BCUT2D eigenvalue weighted by Gasteiger charge is 2.22. The largest absolute Gasteiger partial charge is 0.493 e. The van der Waals surface area contributed by atoms with E-state index in [-0.39, 0.29) is 11.4 Å². The number of ether oxygens (including phenoxy) is 4. The molecule has 0 aliphatic rings. The van der Waals surface area contributed by atoms with Crippen molar-refractivity contribution in [2.24, 2.45) is 0 Å². The number of hydrogen-bond acceptors (Lipinski definition) is 8. The molecule has 164 valence electrons. The zero-order chi connectivity index (χ0) is 22.8. The molecule has 0 aliphatic heterocycles. The Kier molecular flexibility index (Phi) is 5.50. The van der Waals surface area contributed by atoms with E-state index in [1.165, 1.54) is 34.5 Å². The average molecular weight is 436 g/mol. The first-order valence-electron chi connectivity index (χ1n) is 9.49. The van der Waals surface area contributed by atoms with Crippen LogP contribution in [0.2, 0.25) is 0 Å². The van der Waals surface area contributed by atoms with E-state index in [4.69, 9.17) is 24.0 Å². The Labute approximate surface area is 183 Å². The Morgan fingerprint density at radius 2 is 1.59 bits per heavy atom. The third-order valence-corrected chi connectivity index (χ3v) is 4.99. The minimum absolute atomic E-state index is 0.149. The summed E-state index contributed by atoms with van der Waals surface area (Å²) < 4.78 is 23.1. The first-order valence-corrected chi connectivity index (χ1v) is 9.49. The minimum atomic E-state index is -0.487. The molecule has 4 aromatic rings. The highest BCUT2D eigenvalue weighted by atomic mass is 16.6. The van der Waals surface area contributed by atoms with Gasteiger partial charge in [0.25, 0.3) is 0 Å². The normalized spacial score (nSPS) is 10.8. The first-order chi connectivity index (χ1) is 15.5. The lowest BCUT2D eigenvalue weighted by Crippen LogP contribution is -2.02. The Morgan fingerprint density at radius 3 is 2.19 bits per heavy atom. The highest BCUT2D eigenvalue weighted by Crippen LogP contribution is 2.41. The number of methoxy groups -OCH3 is 4. The van der Waals surface area contributed by atoms with Crippen molar-refractivity contribution >= 4 is 16.7 Å². The van der Waals surface area contributed by atoms with Crippen LogP contribution in [0.25, 0.3) is 28.0 Å². The van der Waals surface area contributed by atoms with Crippen molar-refractivity contribution in [2.45, 2.75) is 0 Å². The van der Waals surface area contributed by atoms with Crippen molar-refractivity contribution < 1.29 is 23.9 Å². The molecule has 32 heavy (non-hydrogen) atoms. The maximum atomic E-state index is 11.5. The van der Waals surface area contributed by atoms with Gasteiger partial charge >= 0.3 is 5.69 Å². The molecular weight excluding hydrogens is 416 g/mol. The summed E-state index contributed by atoms with van der Waals surface area (Å²) in [5.74, 6) is 1.55. The first kappa shape index (κ1) is 20.9. The van der Waals surface area contributed by atoms with E-state index in [9.17, 15) is 10.1 Å². The molecule has 10 nitrogen and oxygen atoms in total. The molecule has 0 aliphatic carbocycles. The van der Waals surface area contributed by atoms with Crippen molar-refractivity contribution in [1.29, 1.82) is 0 Å². The zero-order valence-corrected chi connectivity index (χ0v) is 17.9. The summed E-state index contributed by atoms with van der Waals surface area (Å²) in [5, 5.41) is 17.0. The number of rotatable bonds is 7. The van der Waals surface area contributed by atoms with Gasteiger partial charge in [-0.25, -0.2) is 9.67 Å². The topological polar surface area (TPSA) is 111 Å². The van der Waals surface area contributed by atoms with Crippen LogP contribution in [0.1, 0.15) is 0 Å². The van der Waals surface area contributed by atoms with E-state index in [0.717, 1.165) is 5.39 Å². The lowest BCUT2D eigenvalue weighted by molar-refractivity contribution is -0.385. The van der Waals surface area contributed by atoms with E-state index < -0.39 is 4.92 Å². The standard InChI is InChI=1S/C22H20N4O6/c1-29-17-8-7-13(10-16(17)26(27)28)20-15-6-5-9-23-22(15)25(24-20)14-11-18(30-2)21(32-4)19(12-14)31-3/h5-12H,1-4H3. The Bertz CT molecular complexity index is 1290. The number of fused-ring (bicyclic) bond motifs is 1. The smallest absolute Gasteiger partial charge is 0.311 e. The van der Waals surface area contributed by atoms with Crippen molar-refractivity contribution in [2.75, 3.05) is 28.4 Å². The maximum Gasteiger partial charge on any atom is 0.311 e. The van der Waals surface area contributed by atoms with Crippen LogP contribution in [-0.2, 0) is 0 Å². The Balaban J connectivity index is 1.96. The quantitative estimate of drug-likeness (QED) is 0.315. The van der Waals surface area contributed by atoms with Crippen LogP contribution < -0.4 is 18.9 Å².